The molecule has 2 rings (SSSR count). The normalized spacial score (nSPS) is 18.9. The Morgan fingerprint density at radius 1 is 1.25 bits per heavy atom. The number of hydrogen-bond donors (Lipinski definition) is 2. The quantitative estimate of drug-likeness (QED) is 0.873. The van der Waals surface area contributed by atoms with Gasteiger partial charge in [0.1, 0.15) is 0 Å². The molecule has 0 aromatic heterocycles. The summed E-state index contributed by atoms with van der Waals surface area (Å²) in [7, 11) is 0. The van der Waals surface area contributed by atoms with Crippen LogP contribution in [0.5, 0.6) is 0 Å². The summed E-state index contributed by atoms with van der Waals surface area (Å²) in [6, 6.07) is 6.86. The molecule has 1 fully saturated rings. The van der Waals surface area contributed by atoms with Crippen molar-refractivity contribution >= 4 is 11.9 Å². The summed E-state index contributed by atoms with van der Waals surface area (Å²) < 4.78 is 0. The van der Waals surface area contributed by atoms with E-state index in [1.54, 1.807) is 17.0 Å². The molecule has 1 amide bonds. The highest BCUT2D eigenvalue weighted by atomic mass is 16.4. The number of hydrogen-bond acceptors (Lipinski definition) is 3. The summed E-state index contributed by atoms with van der Waals surface area (Å²) in [6.07, 6.45) is 2.10. The molecule has 1 heterocycles. The van der Waals surface area contributed by atoms with Gasteiger partial charge in [-0.25, -0.2) is 4.79 Å². The van der Waals surface area contributed by atoms with Gasteiger partial charge in [0.2, 0.25) is 5.91 Å². The van der Waals surface area contributed by atoms with Gasteiger partial charge < -0.3 is 15.1 Å². The van der Waals surface area contributed by atoms with E-state index in [4.69, 9.17) is 10.2 Å². The van der Waals surface area contributed by atoms with Gasteiger partial charge in [-0.3, -0.25) is 4.79 Å². The van der Waals surface area contributed by atoms with Crippen molar-refractivity contribution < 1.29 is 19.8 Å². The van der Waals surface area contributed by atoms with Crippen LogP contribution in [-0.4, -0.2) is 46.7 Å². The highest BCUT2D eigenvalue weighted by Crippen LogP contribution is 2.27. The van der Waals surface area contributed by atoms with Crippen molar-refractivity contribution in [3.8, 4) is 0 Å². The van der Waals surface area contributed by atoms with E-state index in [1.807, 2.05) is 12.1 Å². The number of rotatable bonds is 4. The van der Waals surface area contributed by atoms with E-state index in [1.165, 1.54) is 0 Å². The van der Waals surface area contributed by atoms with Gasteiger partial charge in [-0.05, 0) is 30.5 Å². The first kappa shape index (κ1) is 14.5. The molecule has 0 radical (unpaired) electrons. The Bertz CT molecular complexity index is 483. The van der Waals surface area contributed by atoms with Gasteiger partial charge in [0, 0.05) is 25.4 Å². The standard InChI is InChI=1S/C15H19NO4/c17-9-7-14(18)16-8-1-2-13(10-16)11-3-5-12(6-4-11)15(19)20/h3-6,13,17H,1-2,7-10H2,(H,19,20). The van der Waals surface area contributed by atoms with Gasteiger partial charge in [0.15, 0.2) is 0 Å². The van der Waals surface area contributed by atoms with Crippen molar-refractivity contribution in [1.29, 1.82) is 0 Å². The lowest BCUT2D eigenvalue weighted by atomic mass is 9.90. The van der Waals surface area contributed by atoms with Gasteiger partial charge in [-0.2, -0.15) is 0 Å². The van der Waals surface area contributed by atoms with Crippen molar-refractivity contribution in [3.63, 3.8) is 0 Å². The summed E-state index contributed by atoms with van der Waals surface area (Å²) in [6.45, 7) is 1.26. The van der Waals surface area contributed by atoms with Crippen molar-refractivity contribution in [2.24, 2.45) is 0 Å². The highest BCUT2D eigenvalue weighted by molar-refractivity contribution is 5.87. The molecule has 1 aliphatic heterocycles. The summed E-state index contributed by atoms with van der Waals surface area (Å²) in [5.74, 6) is -0.700. The number of aromatic carboxylic acids is 1. The zero-order valence-electron chi connectivity index (χ0n) is 11.3. The van der Waals surface area contributed by atoms with Gasteiger partial charge in [-0.1, -0.05) is 12.1 Å². The minimum Gasteiger partial charge on any atom is -0.478 e. The maximum absolute atomic E-state index is 11.8. The third kappa shape index (κ3) is 3.36. The second-order valence-corrected chi connectivity index (χ2v) is 5.08. The Morgan fingerprint density at radius 2 is 1.95 bits per heavy atom. The molecule has 0 saturated carbocycles. The molecular weight excluding hydrogens is 258 g/mol. The first-order chi connectivity index (χ1) is 9.61. The predicted molar refractivity (Wildman–Crippen MR) is 73.7 cm³/mol. The third-order valence-electron chi connectivity index (χ3n) is 3.73. The Hall–Kier alpha value is -1.88. The second kappa shape index (κ2) is 6.52. The monoisotopic (exact) mass is 277 g/mol. The van der Waals surface area contributed by atoms with Crippen LogP contribution < -0.4 is 0 Å². The first-order valence-electron chi connectivity index (χ1n) is 6.83. The Kier molecular flexibility index (Phi) is 4.74. The summed E-state index contributed by atoms with van der Waals surface area (Å²) in [4.78, 5) is 24.4. The molecule has 108 valence electrons. The fraction of sp³-hybridized carbons (Fsp3) is 0.467. The number of aliphatic hydroxyl groups is 1. The molecule has 1 saturated heterocycles. The zero-order chi connectivity index (χ0) is 14.5. The van der Waals surface area contributed by atoms with E-state index in [0.717, 1.165) is 24.9 Å². The topological polar surface area (TPSA) is 77.8 Å². The van der Waals surface area contributed by atoms with Gasteiger partial charge >= 0.3 is 5.97 Å². The van der Waals surface area contributed by atoms with Gasteiger partial charge in [-0.15, -0.1) is 0 Å². The lowest BCUT2D eigenvalue weighted by Crippen LogP contribution is -2.39. The predicted octanol–water partition coefficient (Wildman–Crippen LogP) is 1.47. The summed E-state index contributed by atoms with van der Waals surface area (Å²) in [5.41, 5.74) is 1.34. The van der Waals surface area contributed by atoms with Crippen LogP contribution in [-0.2, 0) is 4.79 Å². The molecule has 1 aromatic rings. The molecule has 1 aromatic carbocycles. The van der Waals surface area contributed by atoms with E-state index in [2.05, 4.69) is 0 Å². The van der Waals surface area contributed by atoms with Crippen molar-refractivity contribution in [3.05, 3.63) is 35.4 Å². The van der Waals surface area contributed by atoms with Crippen LogP contribution in [0, 0.1) is 0 Å². The number of carbonyl (C=O) groups is 2. The zero-order valence-corrected chi connectivity index (χ0v) is 11.3. The molecule has 20 heavy (non-hydrogen) atoms. The average molecular weight is 277 g/mol. The molecule has 5 nitrogen and oxygen atoms in total. The lowest BCUT2D eigenvalue weighted by Gasteiger charge is -2.33. The molecule has 1 unspecified atom stereocenters. The highest BCUT2D eigenvalue weighted by Gasteiger charge is 2.24. The number of likely N-dealkylation sites (tertiary alicyclic amines) is 1. The minimum absolute atomic E-state index is 0.0145. The van der Waals surface area contributed by atoms with Crippen LogP contribution in [0.1, 0.15) is 41.1 Å². The Balaban J connectivity index is 2.04. The van der Waals surface area contributed by atoms with E-state index in [-0.39, 0.29) is 30.4 Å². The van der Waals surface area contributed by atoms with Gasteiger partial charge in [0.05, 0.1) is 12.2 Å². The second-order valence-electron chi connectivity index (χ2n) is 5.08. The smallest absolute Gasteiger partial charge is 0.335 e. The number of carboxylic acid groups (broad SMARTS) is 1. The number of nitrogens with zero attached hydrogens (tertiary/aromatic N) is 1. The fourth-order valence-corrected chi connectivity index (χ4v) is 2.63. The molecule has 0 spiro atoms. The van der Waals surface area contributed by atoms with Crippen molar-refractivity contribution in [1.82, 2.24) is 4.90 Å². The van der Waals surface area contributed by atoms with Crippen molar-refractivity contribution in [2.75, 3.05) is 19.7 Å². The number of carboxylic acids is 1. The average Bonchev–Trinajstić information content (AvgIpc) is 2.48. The molecule has 0 aliphatic carbocycles. The molecule has 5 heteroatoms. The molecule has 1 atom stereocenters. The lowest BCUT2D eigenvalue weighted by molar-refractivity contribution is -0.133. The maximum atomic E-state index is 11.8. The fourth-order valence-electron chi connectivity index (χ4n) is 2.63. The van der Waals surface area contributed by atoms with Crippen LogP contribution in [0.3, 0.4) is 0 Å². The Morgan fingerprint density at radius 3 is 2.55 bits per heavy atom. The third-order valence-corrected chi connectivity index (χ3v) is 3.73. The van der Waals surface area contributed by atoms with Crippen LogP contribution in [0.4, 0.5) is 0 Å². The van der Waals surface area contributed by atoms with Crippen molar-refractivity contribution in [2.45, 2.75) is 25.2 Å². The summed E-state index contributed by atoms with van der Waals surface area (Å²) >= 11 is 0. The van der Waals surface area contributed by atoms with Crippen LogP contribution in [0.2, 0.25) is 0 Å². The molecule has 0 bridgehead atoms. The van der Waals surface area contributed by atoms with E-state index in [0.29, 0.717) is 6.54 Å². The number of benzene rings is 1. The van der Waals surface area contributed by atoms with Crippen LogP contribution in [0.15, 0.2) is 24.3 Å². The molecule has 1 aliphatic rings. The largest absolute Gasteiger partial charge is 0.478 e. The number of amides is 1. The maximum Gasteiger partial charge on any atom is 0.335 e. The van der Waals surface area contributed by atoms with Gasteiger partial charge in [0.25, 0.3) is 0 Å². The Labute approximate surface area is 117 Å². The van der Waals surface area contributed by atoms with Crippen LogP contribution in [0.25, 0.3) is 0 Å². The van der Waals surface area contributed by atoms with E-state index in [9.17, 15) is 9.59 Å². The minimum atomic E-state index is -0.931. The molecule has 2 N–H and O–H groups in total. The first-order valence-corrected chi connectivity index (χ1v) is 6.83. The van der Waals surface area contributed by atoms with Crippen LogP contribution >= 0.6 is 0 Å². The number of piperidine rings is 1. The van der Waals surface area contributed by atoms with E-state index < -0.39 is 5.97 Å². The number of aliphatic hydroxyl groups excluding tert-OH is 1. The van der Waals surface area contributed by atoms with E-state index >= 15 is 0 Å². The SMILES string of the molecule is O=C(O)c1ccc(C2CCCN(C(=O)CCO)C2)cc1. The molecular formula is C15H19NO4. The number of carbonyl (C=O) groups excluding carboxylic acids is 1. The summed E-state index contributed by atoms with van der Waals surface area (Å²) in [5, 5.41) is 17.7.